The molecule has 1 amide bonds. The molecule has 124 valence electrons. The number of benzene rings is 1. The molecule has 1 N–H and O–H groups in total. The SMILES string of the molecule is O=C(Nc1nnc(C23CC4CC(CC(C4)C2)C3)s1)c1ccccc1. The van der Waals surface area contributed by atoms with Gasteiger partial charge < -0.3 is 0 Å². The molecule has 1 aromatic heterocycles. The Hall–Kier alpha value is -1.75. The summed E-state index contributed by atoms with van der Waals surface area (Å²) < 4.78 is 0. The molecule has 0 unspecified atom stereocenters. The van der Waals surface area contributed by atoms with Gasteiger partial charge in [-0.3, -0.25) is 10.1 Å². The number of nitrogens with one attached hydrogen (secondary N) is 1. The van der Waals surface area contributed by atoms with Crippen LogP contribution in [-0.2, 0) is 5.41 Å². The second-order valence-corrected chi connectivity index (χ2v) is 8.91. The van der Waals surface area contributed by atoms with Crippen molar-refractivity contribution in [3.63, 3.8) is 0 Å². The van der Waals surface area contributed by atoms with Gasteiger partial charge in [0.15, 0.2) is 0 Å². The molecular weight excluding hydrogens is 318 g/mol. The van der Waals surface area contributed by atoms with E-state index >= 15 is 0 Å². The first kappa shape index (κ1) is 14.6. The maximum Gasteiger partial charge on any atom is 0.257 e. The molecule has 4 aliphatic rings. The lowest BCUT2D eigenvalue weighted by molar-refractivity contribution is -0.00555. The molecule has 0 radical (unpaired) electrons. The standard InChI is InChI=1S/C19H21N3OS/c23-16(15-4-2-1-3-5-15)20-18-22-21-17(24-18)19-9-12-6-13(10-19)8-14(7-12)11-19/h1-5,12-14H,6-11H2,(H,20,22,23). The normalized spacial score (nSPS) is 33.6. The minimum atomic E-state index is -0.108. The molecule has 4 saturated carbocycles. The maximum atomic E-state index is 12.3. The number of hydrogen-bond acceptors (Lipinski definition) is 4. The van der Waals surface area contributed by atoms with E-state index in [-0.39, 0.29) is 11.3 Å². The zero-order valence-corrected chi connectivity index (χ0v) is 14.4. The molecule has 4 fully saturated rings. The summed E-state index contributed by atoms with van der Waals surface area (Å²) in [6, 6.07) is 9.28. The van der Waals surface area contributed by atoms with Crippen LogP contribution in [0.15, 0.2) is 30.3 Å². The van der Waals surface area contributed by atoms with Crippen molar-refractivity contribution in [2.24, 2.45) is 17.8 Å². The highest BCUT2D eigenvalue weighted by Gasteiger charge is 2.53. The van der Waals surface area contributed by atoms with Gasteiger partial charge >= 0.3 is 0 Å². The van der Waals surface area contributed by atoms with Crippen molar-refractivity contribution >= 4 is 22.4 Å². The Kier molecular flexibility index (Phi) is 3.27. The van der Waals surface area contributed by atoms with Crippen LogP contribution in [0.25, 0.3) is 0 Å². The number of hydrogen-bond donors (Lipinski definition) is 1. The van der Waals surface area contributed by atoms with E-state index in [0.717, 1.165) is 22.8 Å². The summed E-state index contributed by atoms with van der Waals surface area (Å²) in [4.78, 5) is 12.3. The van der Waals surface area contributed by atoms with Crippen molar-refractivity contribution < 1.29 is 4.79 Å². The van der Waals surface area contributed by atoms with Gasteiger partial charge in [-0.15, -0.1) is 10.2 Å². The fourth-order valence-corrected chi connectivity index (χ4v) is 6.58. The topological polar surface area (TPSA) is 54.9 Å². The monoisotopic (exact) mass is 339 g/mol. The van der Waals surface area contributed by atoms with Gasteiger partial charge in [-0.25, -0.2) is 0 Å². The van der Waals surface area contributed by atoms with Crippen molar-refractivity contribution in [3.05, 3.63) is 40.9 Å². The first-order valence-corrected chi connectivity index (χ1v) is 9.72. The average molecular weight is 339 g/mol. The minimum Gasteiger partial charge on any atom is -0.296 e. The third-order valence-corrected chi connectivity index (χ3v) is 7.26. The Morgan fingerprint density at radius 2 is 1.62 bits per heavy atom. The van der Waals surface area contributed by atoms with Gasteiger partial charge in [-0.2, -0.15) is 0 Å². The molecule has 4 bridgehead atoms. The molecule has 1 heterocycles. The molecule has 5 heteroatoms. The molecule has 2 aromatic rings. The Bertz CT molecular complexity index is 735. The van der Waals surface area contributed by atoms with E-state index in [1.807, 2.05) is 30.3 Å². The van der Waals surface area contributed by atoms with Crippen LogP contribution in [0.3, 0.4) is 0 Å². The third-order valence-electron chi connectivity index (χ3n) is 6.17. The van der Waals surface area contributed by atoms with Crippen molar-refractivity contribution in [1.82, 2.24) is 10.2 Å². The summed E-state index contributed by atoms with van der Waals surface area (Å²) >= 11 is 1.59. The first-order valence-electron chi connectivity index (χ1n) is 8.91. The summed E-state index contributed by atoms with van der Waals surface area (Å²) in [6.07, 6.45) is 8.11. The Morgan fingerprint density at radius 1 is 1.00 bits per heavy atom. The lowest BCUT2D eigenvalue weighted by Gasteiger charge is -2.55. The van der Waals surface area contributed by atoms with Crippen LogP contribution in [0.4, 0.5) is 5.13 Å². The quantitative estimate of drug-likeness (QED) is 0.909. The van der Waals surface area contributed by atoms with Crippen LogP contribution in [0.1, 0.15) is 53.9 Å². The highest BCUT2D eigenvalue weighted by molar-refractivity contribution is 7.15. The van der Waals surface area contributed by atoms with Gasteiger partial charge in [0.05, 0.1) is 0 Å². The number of nitrogens with zero attached hydrogens (tertiary/aromatic N) is 2. The lowest BCUT2D eigenvalue weighted by Crippen LogP contribution is -2.48. The van der Waals surface area contributed by atoms with E-state index in [0.29, 0.717) is 10.7 Å². The zero-order chi connectivity index (χ0) is 16.1. The van der Waals surface area contributed by atoms with Gasteiger partial charge in [0.25, 0.3) is 5.91 Å². The van der Waals surface area contributed by atoms with Gasteiger partial charge in [0.2, 0.25) is 5.13 Å². The largest absolute Gasteiger partial charge is 0.296 e. The fourth-order valence-electron chi connectivity index (χ4n) is 5.62. The van der Waals surface area contributed by atoms with Gasteiger partial charge in [0.1, 0.15) is 5.01 Å². The fraction of sp³-hybridized carbons (Fsp3) is 0.526. The minimum absolute atomic E-state index is 0.108. The van der Waals surface area contributed by atoms with Crippen LogP contribution < -0.4 is 5.32 Å². The third kappa shape index (κ3) is 2.37. The van der Waals surface area contributed by atoms with E-state index in [9.17, 15) is 4.79 Å². The predicted octanol–water partition coefficient (Wildman–Crippen LogP) is 4.26. The molecule has 24 heavy (non-hydrogen) atoms. The van der Waals surface area contributed by atoms with Gasteiger partial charge in [-0.05, 0) is 68.4 Å². The van der Waals surface area contributed by atoms with Crippen LogP contribution >= 0.6 is 11.3 Å². The second-order valence-electron chi connectivity index (χ2n) is 7.93. The smallest absolute Gasteiger partial charge is 0.257 e. The van der Waals surface area contributed by atoms with Crippen LogP contribution in [0.2, 0.25) is 0 Å². The highest BCUT2D eigenvalue weighted by atomic mass is 32.1. The second kappa shape index (κ2) is 5.38. The number of aromatic nitrogens is 2. The Labute approximate surface area is 145 Å². The number of amides is 1. The molecule has 4 nitrogen and oxygen atoms in total. The Morgan fingerprint density at radius 3 is 2.25 bits per heavy atom. The van der Waals surface area contributed by atoms with Crippen molar-refractivity contribution in [2.75, 3.05) is 5.32 Å². The van der Waals surface area contributed by atoms with Crippen molar-refractivity contribution in [1.29, 1.82) is 0 Å². The van der Waals surface area contributed by atoms with E-state index in [1.54, 1.807) is 11.3 Å². The number of rotatable bonds is 3. The van der Waals surface area contributed by atoms with Crippen LogP contribution in [0, 0.1) is 17.8 Å². The van der Waals surface area contributed by atoms with E-state index < -0.39 is 0 Å². The summed E-state index contributed by atoms with van der Waals surface area (Å²) in [5.74, 6) is 2.57. The highest BCUT2D eigenvalue weighted by Crippen LogP contribution is 2.61. The van der Waals surface area contributed by atoms with Crippen molar-refractivity contribution in [3.8, 4) is 0 Å². The molecule has 0 atom stereocenters. The Balaban J connectivity index is 1.37. The van der Waals surface area contributed by atoms with Gasteiger partial charge in [-0.1, -0.05) is 29.5 Å². The van der Waals surface area contributed by atoms with E-state index in [2.05, 4.69) is 15.5 Å². The summed E-state index contributed by atoms with van der Waals surface area (Å²) in [6.45, 7) is 0. The predicted molar refractivity (Wildman–Crippen MR) is 94.2 cm³/mol. The zero-order valence-electron chi connectivity index (χ0n) is 13.6. The number of anilines is 1. The molecule has 4 aliphatic carbocycles. The molecule has 0 aliphatic heterocycles. The van der Waals surface area contributed by atoms with Gasteiger partial charge in [0, 0.05) is 11.0 Å². The van der Waals surface area contributed by atoms with Crippen LogP contribution in [0.5, 0.6) is 0 Å². The molecule has 1 aromatic carbocycles. The lowest BCUT2D eigenvalue weighted by atomic mass is 9.50. The molecular formula is C19H21N3OS. The summed E-state index contributed by atoms with van der Waals surface area (Å²) in [5, 5.41) is 13.5. The van der Waals surface area contributed by atoms with Crippen molar-refractivity contribution in [2.45, 2.75) is 43.9 Å². The number of carbonyl (C=O) groups is 1. The molecule has 0 spiro atoms. The van der Waals surface area contributed by atoms with Crippen LogP contribution in [-0.4, -0.2) is 16.1 Å². The average Bonchev–Trinajstić information content (AvgIpc) is 3.04. The summed E-state index contributed by atoms with van der Waals surface area (Å²) in [7, 11) is 0. The summed E-state index contributed by atoms with van der Waals surface area (Å²) in [5.41, 5.74) is 0.909. The van der Waals surface area contributed by atoms with E-state index in [1.165, 1.54) is 38.5 Å². The van der Waals surface area contributed by atoms with E-state index in [4.69, 9.17) is 0 Å². The molecule has 0 saturated heterocycles. The number of carbonyl (C=O) groups excluding carboxylic acids is 1. The first-order chi connectivity index (χ1) is 11.7. The maximum absolute atomic E-state index is 12.3. The molecule has 6 rings (SSSR count).